The summed E-state index contributed by atoms with van der Waals surface area (Å²) in [4.78, 5) is 23.9. The fourth-order valence-corrected chi connectivity index (χ4v) is 6.54. The molecule has 4 bridgehead atoms. The number of carbonyl (C=O) groups is 2. The van der Waals surface area contributed by atoms with Crippen LogP contribution in [0.15, 0.2) is 30.3 Å². The molecule has 1 aromatic rings. The van der Waals surface area contributed by atoms with Crippen LogP contribution in [-0.2, 0) is 16.1 Å². The van der Waals surface area contributed by atoms with Gasteiger partial charge in [-0.1, -0.05) is 30.3 Å². The lowest BCUT2D eigenvalue weighted by Gasteiger charge is -2.60. The molecule has 4 aliphatic carbocycles. The van der Waals surface area contributed by atoms with Crippen LogP contribution in [-0.4, -0.2) is 30.0 Å². The van der Waals surface area contributed by atoms with Gasteiger partial charge in [-0.15, -0.1) is 11.6 Å². The van der Waals surface area contributed by atoms with E-state index in [9.17, 15) is 9.59 Å². The minimum atomic E-state index is -0.580. The first-order valence-corrected chi connectivity index (χ1v) is 10.2. The average Bonchev–Trinajstić information content (AvgIpc) is 2.62. The maximum absolute atomic E-state index is 12.2. The number of amides is 2. The lowest BCUT2D eigenvalue weighted by molar-refractivity contribution is -0.122. The molecule has 2 N–H and O–H groups in total. The molecule has 27 heavy (non-hydrogen) atoms. The first-order chi connectivity index (χ1) is 12.9. The smallest absolute Gasteiger partial charge is 0.407 e. The normalized spacial score (nSPS) is 33.5. The average molecular weight is 391 g/mol. The molecule has 4 fully saturated rings. The maximum Gasteiger partial charge on any atom is 0.407 e. The minimum absolute atomic E-state index is 0.0473. The number of carbonyl (C=O) groups excluding carboxylic acids is 2. The Bertz CT molecular complexity index is 695. The van der Waals surface area contributed by atoms with Crippen molar-refractivity contribution in [1.29, 1.82) is 0 Å². The van der Waals surface area contributed by atoms with Crippen molar-refractivity contribution < 1.29 is 14.3 Å². The molecule has 5 nitrogen and oxygen atoms in total. The van der Waals surface area contributed by atoms with Gasteiger partial charge in [0, 0.05) is 11.4 Å². The quantitative estimate of drug-likeness (QED) is 0.729. The Morgan fingerprint density at radius 3 is 2.44 bits per heavy atom. The Balaban J connectivity index is 1.19. The maximum atomic E-state index is 12.2. The first kappa shape index (κ1) is 18.6. The third-order valence-electron chi connectivity index (χ3n) is 6.38. The molecule has 0 aliphatic heterocycles. The summed E-state index contributed by atoms with van der Waals surface area (Å²) in [5.74, 6) is 1.25. The van der Waals surface area contributed by atoms with Crippen LogP contribution in [0.2, 0.25) is 0 Å². The Morgan fingerprint density at radius 1 is 1.07 bits per heavy atom. The van der Waals surface area contributed by atoms with Crippen molar-refractivity contribution in [3.05, 3.63) is 35.9 Å². The van der Waals surface area contributed by atoms with E-state index in [1.54, 1.807) is 0 Å². The minimum Gasteiger partial charge on any atom is -0.445 e. The summed E-state index contributed by atoms with van der Waals surface area (Å²) in [6, 6.07) is 9.45. The molecule has 1 aromatic carbocycles. The van der Waals surface area contributed by atoms with Crippen LogP contribution in [0.1, 0.15) is 44.1 Å². The van der Waals surface area contributed by atoms with Crippen molar-refractivity contribution in [3.8, 4) is 0 Å². The van der Waals surface area contributed by atoms with Crippen LogP contribution in [0.25, 0.3) is 0 Å². The molecular formula is C21H27ClN2O3. The lowest BCUT2D eigenvalue weighted by Crippen LogP contribution is -2.57. The Labute approximate surface area is 165 Å². The van der Waals surface area contributed by atoms with E-state index in [-0.39, 0.29) is 29.3 Å². The number of ether oxygens (including phenoxy) is 1. The second kappa shape index (κ2) is 7.34. The molecule has 4 aliphatic rings. The Hall–Kier alpha value is -1.75. The van der Waals surface area contributed by atoms with E-state index in [0.29, 0.717) is 18.4 Å². The van der Waals surface area contributed by atoms with Crippen LogP contribution in [0, 0.1) is 17.3 Å². The fraction of sp³-hybridized carbons (Fsp3) is 0.619. The van der Waals surface area contributed by atoms with Crippen molar-refractivity contribution in [1.82, 2.24) is 10.6 Å². The molecule has 0 heterocycles. The van der Waals surface area contributed by atoms with Crippen molar-refractivity contribution in [3.63, 3.8) is 0 Å². The number of hydrogen-bond donors (Lipinski definition) is 2. The van der Waals surface area contributed by atoms with E-state index >= 15 is 0 Å². The van der Waals surface area contributed by atoms with Gasteiger partial charge >= 0.3 is 6.09 Å². The van der Waals surface area contributed by atoms with Gasteiger partial charge in [0.05, 0.1) is 6.54 Å². The van der Waals surface area contributed by atoms with E-state index in [1.165, 1.54) is 19.3 Å². The van der Waals surface area contributed by atoms with Crippen LogP contribution in [0.5, 0.6) is 0 Å². The van der Waals surface area contributed by atoms with Gasteiger partial charge in [0.25, 0.3) is 0 Å². The molecule has 0 unspecified atom stereocenters. The van der Waals surface area contributed by atoms with Gasteiger partial charge < -0.3 is 15.4 Å². The number of benzene rings is 1. The van der Waals surface area contributed by atoms with Gasteiger partial charge in [-0.05, 0) is 61.3 Å². The molecule has 0 spiro atoms. The third-order valence-corrected chi connectivity index (χ3v) is 6.82. The predicted octanol–water partition coefficient (Wildman–Crippen LogP) is 3.61. The molecule has 4 saturated carbocycles. The van der Waals surface area contributed by atoms with Crippen molar-refractivity contribution in [2.24, 2.45) is 17.3 Å². The second-order valence-corrected chi connectivity index (χ2v) is 9.61. The first-order valence-electron chi connectivity index (χ1n) is 9.84. The number of nitrogens with one attached hydrogen (secondary N) is 2. The van der Waals surface area contributed by atoms with E-state index < -0.39 is 6.09 Å². The Morgan fingerprint density at radius 2 is 1.78 bits per heavy atom. The number of halogens is 1. The summed E-state index contributed by atoms with van der Waals surface area (Å²) < 4.78 is 5.12. The lowest BCUT2D eigenvalue weighted by atomic mass is 9.49. The van der Waals surface area contributed by atoms with Gasteiger partial charge in [0.2, 0.25) is 5.91 Å². The van der Waals surface area contributed by atoms with Gasteiger partial charge in [-0.25, -0.2) is 4.79 Å². The summed E-state index contributed by atoms with van der Waals surface area (Å²) in [6.45, 7) is 0.786. The number of alkyl halides is 1. The fourth-order valence-electron chi connectivity index (χ4n) is 5.82. The predicted molar refractivity (Wildman–Crippen MR) is 103 cm³/mol. The Kier molecular flexibility index (Phi) is 5.06. The highest BCUT2D eigenvalue weighted by molar-refractivity contribution is 6.24. The molecular weight excluding hydrogens is 364 g/mol. The number of alkyl carbamates (subject to hydrolysis) is 1. The van der Waals surface area contributed by atoms with Gasteiger partial charge in [0.1, 0.15) is 6.61 Å². The van der Waals surface area contributed by atoms with E-state index in [0.717, 1.165) is 24.8 Å². The van der Waals surface area contributed by atoms with Gasteiger partial charge in [-0.2, -0.15) is 0 Å². The second-order valence-electron chi connectivity index (χ2n) is 8.80. The molecule has 2 amide bonds. The van der Waals surface area contributed by atoms with Crippen molar-refractivity contribution in [2.45, 2.75) is 50.0 Å². The molecule has 6 heteroatoms. The van der Waals surface area contributed by atoms with Crippen LogP contribution in [0.3, 0.4) is 0 Å². The summed E-state index contributed by atoms with van der Waals surface area (Å²) in [7, 11) is 0. The third kappa shape index (κ3) is 4.40. The molecule has 146 valence electrons. The van der Waals surface area contributed by atoms with Crippen LogP contribution >= 0.6 is 11.6 Å². The largest absolute Gasteiger partial charge is 0.445 e. The van der Waals surface area contributed by atoms with Crippen LogP contribution in [0.4, 0.5) is 4.79 Å². The SMILES string of the molecule is O=C(CNC(=O)OCc1ccccc1)NCC12C[C@H]3C[C@@H](CC(Cl)(C3)C1)C2. The monoisotopic (exact) mass is 390 g/mol. The highest BCUT2D eigenvalue weighted by Crippen LogP contribution is 2.63. The van der Waals surface area contributed by atoms with Crippen LogP contribution < -0.4 is 10.6 Å². The molecule has 0 saturated heterocycles. The summed E-state index contributed by atoms with van der Waals surface area (Å²) >= 11 is 6.84. The number of hydrogen-bond acceptors (Lipinski definition) is 3. The van der Waals surface area contributed by atoms with Gasteiger partial charge in [-0.3, -0.25) is 4.79 Å². The van der Waals surface area contributed by atoms with E-state index in [2.05, 4.69) is 10.6 Å². The number of rotatable bonds is 6. The molecule has 2 atom stereocenters. The van der Waals surface area contributed by atoms with E-state index in [1.807, 2.05) is 30.3 Å². The van der Waals surface area contributed by atoms with Gasteiger partial charge in [0.15, 0.2) is 0 Å². The highest BCUT2D eigenvalue weighted by atomic mass is 35.5. The summed E-state index contributed by atoms with van der Waals surface area (Å²) in [6.07, 6.45) is 6.34. The van der Waals surface area contributed by atoms with E-state index in [4.69, 9.17) is 16.3 Å². The molecule has 0 radical (unpaired) electrons. The zero-order valence-electron chi connectivity index (χ0n) is 15.5. The standard InChI is InChI=1S/C21H27ClN2O3/c22-21-9-16-6-17(10-21)8-20(7-16,13-21)14-24-18(25)11-23-19(26)27-12-15-4-2-1-3-5-15/h1-5,16-17H,6-14H2,(H,23,26)(H,24,25)/t16-,17-,20?,21?/m1/s1. The van der Waals surface area contributed by atoms with Crippen molar-refractivity contribution in [2.75, 3.05) is 13.1 Å². The summed E-state index contributed by atoms with van der Waals surface area (Å²) in [5, 5.41) is 5.54. The molecule has 5 rings (SSSR count). The molecule has 0 aromatic heterocycles. The summed E-state index contributed by atoms with van der Waals surface area (Å²) in [5.41, 5.74) is 1.06. The topological polar surface area (TPSA) is 67.4 Å². The van der Waals surface area contributed by atoms with Crippen molar-refractivity contribution >= 4 is 23.6 Å². The highest BCUT2D eigenvalue weighted by Gasteiger charge is 2.56. The zero-order valence-corrected chi connectivity index (χ0v) is 16.3. The zero-order chi connectivity index (χ0) is 18.9.